The fourth-order valence-corrected chi connectivity index (χ4v) is 2.68. The van der Waals surface area contributed by atoms with Gasteiger partial charge in [0, 0.05) is 4.90 Å². The number of rotatable bonds is 6. The average Bonchev–Trinajstić information content (AvgIpc) is 2.52. The Hall–Kier alpha value is -1.85. The second-order valence-corrected chi connectivity index (χ2v) is 6.59. The van der Waals surface area contributed by atoms with Crippen LogP contribution in [0.3, 0.4) is 0 Å². The predicted molar refractivity (Wildman–Crippen MR) is 90.7 cm³/mol. The molecule has 120 valence electrons. The third kappa shape index (κ3) is 5.37. The van der Waals surface area contributed by atoms with Gasteiger partial charge in [0.2, 0.25) is 0 Å². The number of phosphoric acid groups is 1. The standard InChI is InChI=1S/C16H15O5PS/c1-23-13-9-6-12(7-10-13)8-11-15(17)14-4-2-3-5-16(14)21-22(18,19)20/h2-11H,1H3,(H2,18,19,20). The van der Waals surface area contributed by atoms with Gasteiger partial charge in [0.05, 0.1) is 5.56 Å². The lowest BCUT2D eigenvalue weighted by Gasteiger charge is -2.09. The van der Waals surface area contributed by atoms with Gasteiger partial charge in [-0.2, -0.15) is 0 Å². The average molecular weight is 350 g/mol. The Kier molecular flexibility index (Phi) is 5.80. The van der Waals surface area contributed by atoms with Crippen molar-refractivity contribution in [1.82, 2.24) is 0 Å². The van der Waals surface area contributed by atoms with Crippen molar-refractivity contribution in [1.29, 1.82) is 0 Å². The van der Waals surface area contributed by atoms with Gasteiger partial charge in [-0.15, -0.1) is 11.8 Å². The summed E-state index contributed by atoms with van der Waals surface area (Å²) in [6.45, 7) is 0. The van der Waals surface area contributed by atoms with Gasteiger partial charge >= 0.3 is 7.82 Å². The first-order chi connectivity index (χ1) is 10.9. The molecule has 0 unspecified atom stereocenters. The van der Waals surface area contributed by atoms with Gasteiger partial charge in [0.25, 0.3) is 0 Å². The van der Waals surface area contributed by atoms with Crippen molar-refractivity contribution in [2.45, 2.75) is 4.90 Å². The zero-order valence-electron chi connectivity index (χ0n) is 12.2. The van der Waals surface area contributed by atoms with Crippen molar-refractivity contribution < 1.29 is 23.7 Å². The van der Waals surface area contributed by atoms with E-state index in [9.17, 15) is 9.36 Å². The summed E-state index contributed by atoms with van der Waals surface area (Å²) in [5.74, 6) is -0.545. The van der Waals surface area contributed by atoms with Crippen LogP contribution in [0.15, 0.2) is 59.5 Å². The third-order valence-corrected chi connectivity index (χ3v) is 4.09. The largest absolute Gasteiger partial charge is 0.524 e. The molecular formula is C16H15O5PS. The van der Waals surface area contributed by atoms with Crippen LogP contribution < -0.4 is 4.52 Å². The molecule has 0 aliphatic rings. The molecule has 0 amide bonds. The highest BCUT2D eigenvalue weighted by atomic mass is 32.2. The number of benzene rings is 2. The van der Waals surface area contributed by atoms with Gasteiger partial charge in [-0.1, -0.05) is 30.3 Å². The van der Waals surface area contributed by atoms with Crippen LogP contribution in [0.25, 0.3) is 6.08 Å². The first kappa shape index (κ1) is 17.5. The van der Waals surface area contributed by atoms with E-state index in [1.54, 1.807) is 23.9 Å². The van der Waals surface area contributed by atoms with Gasteiger partial charge < -0.3 is 4.52 Å². The van der Waals surface area contributed by atoms with E-state index in [1.807, 2.05) is 30.5 Å². The van der Waals surface area contributed by atoms with E-state index in [-0.39, 0.29) is 11.3 Å². The number of para-hydroxylation sites is 1. The molecule has 0 atom stereocenters. The molecule has 2 rings (SSSR count). The minimum atomic E-state index is -4.72. The Morgan fingerprint density at radius 1 is 1.13 bits per heavy atom. The number of phosphoric ester groups is 1. The van der Waals surface area contributed by atoms with Gasteiger partial charge in [0.1, 0.15) is 5.75 Å². The number of ketones is 1. The number of hydrogen-bond donors (Lipinski definition) is 2. The number of carbonyl (C=O) groups is 1. The molecular weight excluding hydrogens is 335 g/mol. The number of thioether (sulfide) groups is 1. The smallest absolute Gasteiger partial charge is 0.403 e. The fraction of sp³-hybridized carbons (Fsp3) is 0.0625. The predicted octanol–water partition coefficient (Wildman–Crippen LogP) is 3.78. The first-order valence-corrected chi connectivity index (χ1v) is 9.35. The minimum absolute atomic E-state index is 0.0906. The van der Waals surface area contributed by atoms with Gasteiger partial charge in [-0.05, 0) is 42.2 Å². The van der Waals surface area contributed by atoms with E-state index in [0.29, 0.717) is 0 Å². The number of allylic oxidation sites excluding steroid dienone is 1. The molecule has 23 heavy (non-hydrogen) atoms. The van der Waals surface area contributed by atoms with Crippen LogP contribution in [0, 0.1) is 0 Å². The summed E-state index contributed by atoms with van der Waals surface area (Å²) in [6, 6.07) is 13.6. The van der Waals surface area contributed by atoms with E-state index in [0.717, 1.165) is 10.5 Å². The Labute approximate surface area is 138 Å². The monoisotopic (exact) mass is 350 g/mol. The van der Waals surface area contributed by atoms with Crippen molar-refractivity contribution in [3.8, 4) is 5.75 Å². The number of hydrogen-bond acceptors (Lipinski definition) is 4. The van der Waals surface area contributed by atoms with E-state index in [1.165, 1.54) is 24.3 Å². The highest BCUT2D eigenvalue weighted by Gasteiger charge is 2.19. The zero-order valence-corrected chi connectivity index (χ0v) is 14.0. The maximum absolute atomic E-state index is 12.2. The van der Waals surface area contributed by atoms with E-state index < -0.39 is 13.6 Å². The Morgan fingerprint density at radius 2 is 1.78 bits per heavy atom. The highest BCUT2D eigenvalue weighted by molar-refractivity contribution is 7.98. The quantitative estimate of drug-likeness (QED) is 0.357. The molecule has 0 fully saturated rings. The second-order valence-electron chi connectivity index (χ2n) is 4.55. The van der Waals surface area contributed by atoms with Crippen LogP contribution in [0.4, 0.5) is 0 Å². The Morgan fingerprint density at radius 3 is 2.39 bits per heavy atom. The summed E-state index contributed by atoms with van der Waals surface area (Å²) in [6.07, 6.45) is 4.96. The molecule has 5 nitrogen and oxygen atoms in total. The minimum Gasteiger partial charge on any atom is -0.403 e. The Bertz CT molecular complexity index is 764. The van der Waals surface area contributed by atoms with Gasteiger partial charge in [-0.25, -0.2) is 4.57 Å². The molecule has 0 radical (unpaired) electrons. The van der Waals surface area contributed by atoms with E-state index >= 15 is 0 Å². The summed E-state index contributed by atoms with van der Waals surface area (Å²) < 4.78 is 15.5. The summed E-state index contributed by atoms with van der Waals surface area (Å²) in [5, 5.41) is 0. The van der Waals surface area contributed by atoms with E-state index in [4.69, 9.17) is 9.79 Å². The van der Waals surface area contributed by atoms with Crippen molar-refractivity contribution >= 4 is 31.4 Å². The van der Waals surface area contributed by atoms with Crippen molar-refractivity contribution in [2.24, 2.45) is 0 Å². The first-order valence-electron chi connectivity index (χ1n) is 6.60. The van der Waals surface area contributed by atoms with Crippen LogP contribution in [0.2, 0.25) is 0 Å². The lowest BCUT2D eigenvalue weighted by atomic mass is 10.1. The maximum atomic E-state index is 12.2. The van der Waals surface area contributed by atoms with Crippen LogP contribution in [-0.4, -0.2) is 21.8 Å². The molecule has 2 aromatic rings. The molecule has 0 saturated heterocycles. The lowest BCUT2D eigenvalue weighted by Crippen LogP contribution is -2.00. The van der Waals surface area contributed by atoms with Gasteiger partial charge in [-0.3, -0.25) is 14.6 Å². The molecule has 0 bridgehead atoms. The summed E-state index contributed by atoms with van der Waals surface area (Å²) >= 11 is 1.62. The summed E-state index contributed by atoms with van der Waals surface area (Å²) in [7, 11) is -4.72. The normalized spacial score (nSPS) is 11.6. The SMILES string of the molecule is CSc1ccc(C=CC(=O)c2ccccc2OP(=O)(O)O)cc1. The summed E-state index contributed by atoms with van der Waals surface area (Å²) in [5.41, 5.74) is 0.942. The Balaban J connectivity index is 2.20. The zero-order chi connectivity index (χ0) is 16.9. The lowest BCUT2D eigenvalue weighted by molar-refractivity contribution is 0.104. The number of carbonyl (C=O) groups excluding carboxylic acids is 1. The molecule has 7 heteroatoms. The van der Waals surface area contributed by atoms with Crippen molar-refractivity contribution in [2.75, 3.05) is 6.26 Å². The molecule has 2 aromatic carbocycles. The molecule has 0 saturated carbocycles. The molecule has 0 aliphatic heterocycles. The van der Waals surface area contributed by atoms with Crippen LogP contribution in [-0.2, 0) is 4.57 Å². The summed E-state index contributed by atoms with van der Waals surface area (Å²) in [4.78, 5) is 31.1. The molecule has 0 aromatic heterocycles. The van der Waals surface area contributed by atoms with Crippen molar-refractivity contribution in [3.05, 3.63) is 65.7 Å². The molecule has 0 aliphatic carbocycles. The highest BCUT2D eigenvalue weighted by Crippen LogP contribution is 2.39. The molecule has 0 heterocycles. The van der Waals surface area contributed by atoms with Crippen LogP contribution >= 0.6 is 19.6 Å². The maximum Gasteiger partial charge on any atom is 0.524 e. The molecule has 2 N–H and O–H groups in total. The van der Waals surface area contributed by atoms with Crippen LogP contribution in [0.1, 0.15) is 15.9 Å². The van der Waals surface area contributed by atoms with E-state index in [2.05, 4.69) is 4.52 Å². The second kappa shape index (κ2) is 7.62. The van der Waals surface area contributed by atoms with Crippen LogP contribution in [0.5, 0.6) is 5.75 Å². The molecule has 0 spiro atoms. The van der Waals surface area contributed by atoms with Crippen molar-refractivity contribution in [3.63, 3.8) is 0 Å². The third-order valence-electron chi connectivity index (χ3n) is 2.91. The topological polar surface area (TPSA) is 83.8 Å². The van der Waals surface area contributed by atoms with Gasteiger partial charge in [0.15, 0.2) is 5.78 Å². The fourth-order valence-electron chi connectivity index (χ4n) is 1.85.